The van der Waals surface area contributed by atoms with Crippen LogP contribution >= 0.6 is 0 Å². The van der Waals surface area contributed by atoms with Crippen LogP contribution in [0.25, 0.3) is 10.9 Å². The molecule has 6 rings (SSSR count). The van der Waals surface area contributed by atoms with Gasteiger partial charge in [0.25, 0.3) is 0 Å². The number of anilines is 1. The highest BCUT2D eigenvalue weighted by Crippen LogP contribution is 2.46. The molecular formula is C30H34N4O2. The minimum absolute atomic E-state index is 0.186. The van der Waals surface area contributed by atoms with Crippen molar-refractivity contribution in [2.45, 2.75) is 51.5 Å². The molecule has 0 bridgehead atoms. The number of carbonyl (C=O) groups is 1. The summed E-state index contributed by atoms with van der Waals surface area (Å²) in [5.74, 6) is -0.188. The number of benzene rings is 2. The number of nitriles is 1. The maximum atomic E-state index is 14.0. The molecule has 2 fully saturated rings. The summed E-state index contributed by atoms with van der Waals surface area (Å²) < 4.78 is 73.5. The highest BCUT2D eigenvalue weighted by atomic mass is 16.5. The zero-order valence-electron chi connectivity index (χ0n) is 28.7. The first kappa shape index (κ1) is 15.9. The molecule has 1 aliphatic carbocycles. The number of H-pyrrole nitrogens is 1. The third-order valence-electron chi connectivity index (χ3n) is 7.70. The lowest BCUT2D eigenvalue weighted by Gasteiger charge is -2.42. The number of aryl methyl sites for hydroxylation is 1. The molecular weight excluding hydrogens is 448 g/mol. The van der Waals surface area contributed by atoms with Gasteiger partial charge < -0.3 is 14.6 Å². The summed E-state index contributed by atoms with van der Waals surface area (Å²) >= 11 is 0. The minimum Gasteiger partial charge on any atom is -0.379 e. The molecule has 0 saturated carbocycles. The number of morpholine rings is 1. The molecule has 2 aromatic carbocycles. The number of ether oxygens (including phenoxy) is 1. The van der Waals surface area contributed by atoms with Gasteiger partial charge in [0, 0.05) is 70.9 Å². The number of hydrogen-bond acceptors (Lipinski definition) is 5. The van der Waals surface area contributed by atoms with Gasteiger partial charge in [0.2, 0.25) is 0 Å². The SMILES string of the molecule is [2H]C1([2H])CN(C2CC([2H])([2H])N(c3cc4c(cc3CC)C(=O)c3c([nH]c5cc(C#N)ccc35)C4(C)C)C([2H])([2H])C2)CC([2H])([2H])O1. The van der Waals surface area contributed by atoms with Crippen LogP contribution in [0.5, 0.6) is 0 Å². The van der Waals surface area contributed by atoms with Crippen LogP contribution < -0.4 is 4.90 Å². The third kappa shape index (κ3) is 3.56. The van der Waals surface area contributed by atoms with E-state index in [-0.39, 0.29) is 31.7 Å². The van der Waals surface area contributed by atoms with Crippen LogP contribution in [0.2, 0.25) is 0 Å². The van der Waals surface area contributed by atoms with Crippen LogP contribution in [0, 0.1) is 11.3 Å². The van der Waals surface area contributed by atoms with Crippen molar-refractivity contribution in [3.63, 3.8) is 0 Å². The predicted octanol–water partition coefficient (Wildman–Crippen LogP) is 4.77. The molecule has 1 N–H and O–H groups in total. The molecule has 3 aliphatic rings. The van der Waals surface area contributed by atoms with E-state index < -0.39 is 37.6 Å². The Morgan fingerprint density at radius 2 is 1.94 bits per heavy atom. The van der Waals surface area contributed by atoms with E-state index in [4.69, 9.17) is 15.7 Å². The van der Waals surface area contributed by atoms with Gasteiger partial charge in [-0.1, -0.05) is 26.8 Å². The topological polar surface area (TPSA) is 72.4 Å². The first-order chi connectivity index (χ1) is 20.3. The van der Waals surface area contributed by atoms with Gasteiger partial charge in [0.1, 0.15) is 0 Å². The molecule has 36 heavy (non-hydrogen) atoms. The van der Waals surface area contributed by atoms with Gasteiger partial charge in [-0.2, -0.15) is 5.26 Å². The fourth-order valence-corrected chi connectivity index (χ4v) is 5.62. The standard InChI is InChI=1S/C30H34N4O2/c1-4-20-16-23-24(17-26(20)34-9-7-21(8-10-34)33-11-13-36-14-12-33)30(2,3)29-27(28(23)35)22-6-5-19(18-31)15-25(22)32-29/h5-6,15-17,21,32H,4,7-14H2,1-3H3/i9D2,10D2,13D2,14D2. The van der Waals surface area contributed by atoms with E-state index in [9.17, 15) is 10.1 Å². The number of piperidine rings is 1. The van der Waals surface area contributed by atoms with Crippen molar-refractivity contribution in [2.75, 3.05) is 44.1 Å². The maximum absolute atomic E-state index is 14.0. The van der Waals surface area contributed by atoms with Crippen LogP contribution in [0.1, 0.15) is 82.9 Å². The first-order valence-electron chi connectivity index (χ1n) is 16.3. The van der Waals surface area contributed by atoms with Crippen LogP contribution in [0.15, 0.2) is 30.3 Å². The van der Waals surface area contributed by atoms with Gasteiger partial charge in [-0.25, -0.2) is 0 Å². The Bertz CT molecular complexity index is 1710. The maximum Gasteiger partial charge on any atom is 0.195 e. The second-order valence-corrected chi connectivity index (χ2v) is 10.1. The number of ketones is 1. The van der Waals surface area contributed by atoms with Gasteiger partial charge in [-0.05, 0) is 54.7 Å². The molecule has 0 radical (unpaired) electrons. The molecule has 0 atom stereocenters. The smallest absolute Gasteiger partial charge is 0.195 e. The number of nitrogens with zero attached hydrogens (tertiary/aromatic N) is 3. The fourth-order valence-electron chi connectivity index (χ4n) is 5.62. The molecule has 3 aromatic rings. The molecule has 6 heteroatoms. The van der Waals surface area contributed by atoms with E-state index in [0.29, 0.717) is 51.1 Å². The average Bonchev–Trinajstić information content (AvgIpc) is 3.28. The Morgan fingerprint density at radius 3 is 2.64 bits per heavy atom. The van der Waals surface area contributed by atoms with Gasteiger partial charge in [-0.15, -0.1) is 0 Å². The summed E-state index contributed by atoms with van der Waals surface area (Å²) in [6.45, 7) is -3.88. The molecule has 0 spiro atoms. The van der Waals surface area contributed by atoms with Crippen molar-refractivity contribution in [3.05, 3.63) is 63.8 Å². The zero-order chi connectivity index (χ0) is 32.2. The molecule has 2 aliphatic heterocycles. The van der Waals surface area contributed by atoms with Crippen molar-refractivity contribution < 1.29 is 20.5 Å². The lowest BCUT2D eigenvalue weighted by atomic mass is 9.70. The quantitative estimate of drug-likeness (QED) is 0.572. The van der Waals surface area contributed by atoms with Crippen LogP contribution in [-0.2, 0) is 16.6 Å². The number of aromatic amines is 1. The van der Waals surface area contributed by atoms with E-state index in [1.165, 1.54) is 4.90 Å². The average molecular weight is 491 g/mol. The Morgan fingerprint density at radius 1 is 1.19 bits per heavy atom. The summed E-state index contributed by atoms with van der Waals surface area (Å²) in [5, 5.41) is 10.1. The van der Waals surface area contributed by atoms with E-state index >= 15 is 0 Å². The molecule has 6 nitrogen and oxygen atoms in total. The van der Waals surface area contributed by atoms with Gasteiger partial charge >= 0.3 is 0 Å². The Balaban J connectivity index is 1.44. The highest BCUT2D eigenvalue weighted by Gasteiger charge is 2.40. The summed E-state index contributed by atoms with van der Waals surface area (Å²) in [6, 6.07) is 10.0. The number of fused-ring (bicyclic) bond motifs is 4. The Hall–Kier alpha value is -3.14. The fraction of sp³-hybridized carbons (Fsp3) is 0.467. The molecule has 3 heterocycles. The normalized spacial score (nSPS) is 29.2. The molecule has 186 valence electrons. The molecule has 1 aromatic heterocycles. The van der Waals surface area contributed by atoms with E-state index in [2.05, 4.69) is 11.1 Å². The second-order valence-electron chi connectivity index (χ2n) is 10.1. The predicted molar refractivity (Wildman–Crippen MR) is 142 cm³/mol. The second kappa shape index (κ2) is 8.76. The molecule has 0 amide bonds. The van der Waals surface area contributed by atoms with Crippen molar-refractivity contribution >= 4 is 22.4 Å². The number of rotatable bonds is 3. The number of carbonyl (C=O) groups excluding carboxylic acids is 1. The third-order valence-corrected chi connectivity index (χ3v) is 7.70. The van der Waals surface area contributed by atoms with Crippen molar-refractivity contribution in [3.8, 4) is 6.07 Å². The van der Waals surface area contributed by atoms with Crippen molar-refractivity contribution in [2.24, 2.45) is 0 Å². The Kier molecular flexibility index (Phi) is 3.86. The largest absolute Gasteiger partial charge is 0.379 e. The van der Waals surface area contributed by atoms with Gasteiger partial charge in [0.15, 0.2) is 5.78 Å². The number of aromatic nitrogens is 1. The lowest BCUT2D eigenvalue weighted by Crippen LogP contribution is -2.49. The Labute approximate surface area is 224 Å². The van der Waals surface area contributed by atoms with Gasteiger partial charge in [0.05, 0.1) is 35.8 Å². The summed E-state index contributed by atoms with van der Waals surface area (Å²) in [4.78, 5) is 20.0. The van der Waals surface area contributed by atoms with Crippen molar-refractivity contribution in [1.82, 2.24) is 9.88 Å². The summed E-state index contributed by atoms with van der Waals surface area (Å²) in [5.41, 5.74) is 3.68. The van der Waals surface area contributed by atoms with E-state index in [0.717, 1.165) is 10.3 Å². The summed E-state index contributed by atoms with van der Waals surface area (Å²) in [7, 11) is 0. The minimum atomic E-state index is -2.30. The number of hydrogen-bond donors (Lipinski definition) is 1. The van der Waals surface area contributed by atoms with Crippen LogP contribution in [-0.4, -0.2) is 60.9 Å². The van der Waals surface area contributed by atoms with Crippen molar-refractivity contribution in [1.29, 1.82) is 5.26 Å². The van der Waals surface area contributed by atoms with E-state index in [1.807, 2.05) is 20.8 Å². The van der Waals surface area contributed by atoms with Crippen LogP contribution in [0.4, 0.5) is 5.69 Å². The van der Waals surface area contributed by atoms with Crippen LogP contribution in [0.3, 0.4) is 0 Å². The summed E-state index contributed by atoms with van der Waals surface area (Å²) in [6.07, 6.45) is 0.0435. The zero-order valence-corrected chi connectivity index (χ0v) is 20.7. The molecule has 2 saturated heterocycles. The monoisotopic (exact) mass is 490 g/mol. The first-order valence-corrected chi connectivity index (χ1v) is 12.3. The van der Waals surface area contributed by atoms with Gasteiger partial charge in [-0.3, -0.25) is 9.69 Å². The number of nitrogens with one attached hydrogen (secondary N) is 1. The lowest BCUT2D eigenvalue weighted by molar-refractivity contribution is 0.0115. The molecule has 0 unspecified atom stereocenters. The highest BCUT2D eigenvalue weighted by molar-refractivity contribution is 6.20. The van der Waals surface area contributed by atoms with E-state index in [1.54, 1.807) is 30.3 Å².